The number of oxazole rings is 1. The molecule has 1 fully saturated rings. The molecule has 194 valence electrons. The van der Waals surface area contributed by atoms with E-state index in [2.05, 4.69) is 15.3 Å². The molecule has 1 aliphatic heterocycles. The first kappa shape index (κ1) is 26.1. The number of Topliss-reactive ketones (excluding diaryl/α,β-unsaturated/α-hetero) is 2. The van der Waals surface area contributed by atoms with Crippen molar-refractivity contribution in [1.29, 1.82) is 0 Å². The number of aromatic nitrogens is 2. The molecule has 11 heteroatoms. The second-order valence-electron chi connectivity index (χ2n) is 8.82. The summed E-state index contributed by atoms with van der Waals surface area (Å²) in [6.07, 6.45) is -2.50. The Bertz CT molecular complexity index is 1270. The van der Waals surface area contributed by atoms with E-state index in [1.807, 2.05) is 4.90 Å². The standard InChI is InChI=1S/C26H25F3N4O4/c1-16(34)30-15-21(36)18-9-11-33(12-10-18)22-8-7-17(14-31-22)13-20(35)23-24(26(27,28)29)37-25(32-23)19-5-3-2-4-6-19/h2-8,14,18H,9-13,15H2,1H3,(H,30,34). The number of benzene rings is 1. The molecule has 0 aliphatic carbocycles. The maximum atomic E-state index is 13.5. The number of piperidine rings is 1. The van der Waals surface area contributed by atoms with Crippen LogP contribution in [0.4, 0.5) is 19.0 Å². The summed E-state index contributed by atoms with van der Waals surface area (Å²) in [7, 11) is 0. The summed E-state index contributed by atoms with van der Waals surface area (Å²) in [5.41, 5.74) is 0.00611. The Morgan fingerprint density at radius 2 is 1.78 bits per heavy atom. The van der Waals surface area contributed by atoms with Gasteiger partial charge in [-0.2, -0.15) is 13.2 Å². The van der Waals surface area contributed by atoms with E-state index in [0.29, 0.717) is 42.9 Å². The SMILES string of the molecule is CC(=O)NCC(=O)C1CCN(c2ccc(CC(=O)c3nc(-c4ccccc4)oc3C(F)(F)F)cn2)CC1. The van der Waals surface area contributed by atoms with Crippen LogP contribution in [0.5, 0.6) is 0 Å². The third-order valence-electron chi connectivity index (χ3n) is 6.13. The number of pyridine rings is 1. The van der Waals surface area contributed by atoms with Crippen LogP contribution in [0.3, 0.4) is 0 Å². The van der Waals surface area contributed by atoms with Gasteiger partial charge in [-0.25, -0.2) is 9.97 Å². The van der Waals surface area contributed by atoms with Gasteiger partial charge in [0.05, 0.1) is 6.54 Å². The minimum Gasteiger partial charge on any atom is -0.431 e. The highest BCUT2D eigenvalue weighted by atomic mass is 19.4. The number of hydrogen-bond acceptors (Lipinski definition) is 7. The van der Waals surface area contributed by atoms with Crippen molar-refractivity contribution in [3.63, 3.8) is 0 Å². The Kier molecular flexibility index (Phi) is 7.70. The third-order valence-corrected chi connectivity index (χ3v) is 6.13. The lowest BCUT2D eigenvalue weighted by Gasteiger charge is -2.32. The summed E-state index contributed by atoms with van der Waals surface area (Å²) >= 11 is 0. The van der Waals surface area contributed by atoms with E-state index in [1.165, 1.54) is 13.1 Å². The summed E-state index contributed by atoms with van der Waals surface area (Å²) in [5, 5.41) is 2.53. The second kappa shape index (κ2) is 10.9. The summed E-state index contributed by atoms with van der Waals surface area (Å²) in [6.45, 7) is 2.58. The van der Waals surface area contributed by atoms with Crippen LogP contribution in [0.15, 0.2) is 53.1 Å². The first-order valence-corrected chi connectivity index (χ1v) is 11.8. The van der Waals surface area contributed by atoms with Gasteiger partial charge in [0.25, 0.3) is 0 Å². The van der Waals surface area contributed by atoms with Crippen LogP contribution in [-0.2, 0) is 22.2 Å². The van der Waals surface area contributed by atoms with E-state index in [-0.39, 0.29) is 36.5 Å². The highest BCUT2D eigenvalue weighted by molar-refractivity contribution is 5.97. The zero-order valence-corrected chi connectivity index (χ0v) is 20.0. The van der Waals surface area contributed by atoms with Crippen molar-refractivity contribution in [3.8, 4) is 11.5 Å². The fraction of sp³-hybridized carbons (Fsp3) is 0.346. The average Bonchev–Trinajstić information content (AvgIpc) is 3.35. The van der Waals surface area contributed by atoms with Gasteiger partial charge in [0.1, 0.15) is 5.82 Å². The van der Waals surface area contributed by atoms with Gasteiger partial charge in [-0.3, -0.25) is 14.4 Å². The van der Waals surface area contributed by atoms with Crippen molar-refractivity contribution in [3.05, 3.63) is 65.7 Å². The van der Waals surface area contributed by atoms with E-state index in [0.717, 1.165) is 0 Å². The molecule has 4 rings (SSSR count). The fourth-order valence-electron chi connectivity index (χ4n) is 4.17. The van der Waals surface area contributed by atoms with Gasteiger partial charge in [-0.05, 0) is 36.6 Å². The highest BCUT2D eigenvalue weighted by Gasteiger charge is 2.41. The molecule has 1 amide bonds. The van der Waals surface area contributed by atoms with Crippen molar-refractivity contribution < 1.29 is 32.0 Å². The van der Waals surface area contributed by atoms with E-state index >= 15 is 0 Å². The van der Waals surface area contributed by atoms with E-state index < -0.39 is 23.4 Å². The smallest absolute Gasteiger partial charge is 0.431 e. The molecule has 3 aromatic rings. The molecule has 0 radical (unpaired) electrons. The molecule has 1 aromatic carbocycles. The lowest BCUT2D eigenvalue weighted by atomic mass is 9.92. The van der Waals surface area contributed by atoms with Gasteiger partial charge in [0.2, 0.25) is 17.6 Å². The zero-order chi connectivity index (χ0) is 26.6. The van der Waals surface area contributed by atoms with E-state index in [4.69, 9.17) is 4.42 Å². The van der Waals surface area contributed by atoms with Crippen LogP contribution >= 0.6 is 0 Å². The predicted molar refractivity (Wildman–Crippen MR) is 128 cm³/mol. The minimum absolute atomic E-state index is 0.00169. The lowest BCUT2D eigenvalue weighted by molar-refractivity contribution is -0.153. The number of nitrogens with one attached hydrogen (secondary N) is 1. The molecule has 0 unspecified atom stereocenters. The van der Waals surface area contributed by atoms with Crippen molar-refractivity contribution in [2.75, 3.05) is 24.5 Å². The third kappa shape index (κ3) is 6.41. The molecule has 0 bridgehead atoms. The molecule has 0 atom stereocenters. The molecule has 8 nitrogen and oxygen atoms in total. The van der Waals surface area contributed by atoms with Gasteiger partial charge in [-0.1, -0.05) is 24.3 Å². The van der Waals surface area contributed by atoms with Crippen molar-refractivity contribution in [1.82, 2.24) is 15.3 Å². The largest absolute Gasteiger partial charge is 0.452 e. The van der Waals surface area contributed by atoms with Gasteiger partial charge in [-0.15, -0.1) is 0 Å². The topological polar surface area (TPSA) is 105 Å². The van der Waals surface area contributed by atoms with Gasteiger partial charge in [0, 0.05) is 44.1 Å². The van der Waals surface area contributed by atoms with Crippen molar-refractivity contribution in [2.24, 2.45) is 5.92 Å². The number of anilines is 1. The number of rotatable bonds is 8. The van der Waals surface area contributed by atoms with Crippen LogP contribution in [0.1, 0.15) is 41.6 Å². The molecule has 3 heterocycles. The number of carbonyl (C=O) groups excluding carboxylic acids is 3. The Balaban J connectivity index is 1.40. The number of hydrogen-bond donors (Lipinski definition) is 1. The number of halogens is 3. The van der Waals surface area contributed by atoms with Crippen molar-refractivity contribution in [2.45, 2.75) is 32.4 Å². The van der Waals surface area contributed by atoms with Crippen LogP contribution in [0.25, 0.3) is 11.5 Å². The van der Waals surface area contributed by atoms with Crippen LogP contribution < -0.4 is 10.2 Å². The number of alkyl halides is 3. The van der Waals surface area contributed by atoms with Crippen LogP contribution in [0.2, 0.25) is 0 Å². The van der Waals surface area contributed by atoms with Gasteiger partial charge >= 0.3 is 6.18 Å². The zero-order valence-electron chi connectivity index (χ0n) is 20.0. The maximum absolute atomic E-state index is 13.5. The van der Waals surface area contributed by atoms with E-state index in [9.17, 15) is 27.6 Å². The molecule has 37 heavy (non-hydrogen) atoms. The molecule has 1 saturated heterocycles. The average molecular weight is 515 g/mol. The normalized spacial score (nSPS) is 14.4. The Hall–Kier alpha value is -4.02. The first-order valence-electron chi connectivity index (χ1n) is 11.8. The summed E-state index contributed by atoms with van der Waals surface area (Å²) in [4.78, 5) is 46.2. The Labute approximate surface area is 210 Å². The van der Waals surface area contributed by atoms with Crippen LogP contribution in [-0.4, -0.2) is 47.1 Å². The molecular formula is C26H25F3N4O4. The maximum Gasteiger partial charge on any atom is 0.452 e. The molecule has 2 aromatic heterocycles. The molecular weight excluding hydrogens is 489 g/mol. The number of amides is 1. The Morgan fingerprint density at radius 1 is 1.08 bits per heavy atom. The second-order valence-corrected chi connectivity index (χ2v) is 8.82. The number of carbonyl (C=O) groups is 3. The summed E-state index contributed by atoms with van der Waals surface area (Å²) < 4.78 is 45.6. The van der Waals surface area contributed by atoms with Crippen molar-refractivity contribution >= 4 is 23.3 Å². The summed E-state index contributed by atoms with van der Waals surface area (Å²) in [6, 6.07) is 11.4. The first-order chi connectivity index (χ1) is 17.6. The molecule has 1 N–H and O–H groups in total. The molecule has 0 saturated carbocycles. The fourth-order valence-corrected chi connectivity index (χ4v) is 4.17. The van der Waals surface area contributed by atoms with Gasteiger partial charge in [0.15, 0.2) is 17.3 Å². The van der Waals surface area contributed by atoms with E-state index in [1.54, 1.807) is 42.5 Å². The monoisotopic (exact) mass is 514 g/mol. The van der Waals surface area contributed by atoms with Gasteiger partial charge < -0.3 is 14.6 Å². The summed E-state index contributed by atoms with van der Waals surface area (Å²) in [5.74, 6) is -2.26. The quantitative estimate of drug-likeness (QED) is 0.451. The lowest BCUT2D eigenvalue weighted by Crippen LogP contribution is -2.40. The molecule has 1 aliphatic rings. The molecule has 0 spiro atoms. The Morgan fingerprint density at radius 3 is 2.38 bits per heavy atom. The number of ketones is 2. The predicted octanol–water partition coefficient (Wildman–Crippen LogP) is 4.10. The number of nitrogens with zero attached hydrogens (tertiary/aromatic N) is 3. The highest BCUT2D eigenvalue weighted by Crippen LogP contribution is 2.35. The minimum atomic E-state index is -4.87. The van der Waals surface area contributed by atoms with Crippen LogP contribution in [0, 0.1) is 5.92 Å².